The Labute approximate surface area is 85.7 Å². The second-order valence-electron chi connectivity index (χ2n) is 3.92. The van der Waals surface area contributed by atoms with Gasteiger partial charge in [-0.1, -0.05) is 13.8 Å². The first-order valence-corrected chi connectivity index (χ1v) is 5.29. The second-order valence-corrected chi connectivity index (χ2v) is 3.92. The third kappa shape index (κ3) is 6.32. The molecule has 4 heteroatoms. The largest absolute Gasteiger partial charge is 0.393 e. The van der Waals surface area contributed by atoms with Crippen molar-refractivity contribution < 1.29 is 15.3 Å². The fourth-order valence-corrected chi connectivity index (χ4v) is 1.24. The van der Waals surface area contributed by atoms with Crippen LogP contribution in [0.5, 0.6) is 0 Å². The minimum Gasteiger partial charge on any atom is -0.393 e. The Balaban J connectivity index is 0.000000241. The van der Waals surface area contributed by atoms with Crippen molar-refractivity contribution in [1.82, 2.24) is 0 Å². The van der Waals surface area contributed by atoms with Crippen LogP contribution >= 0.6 is 0 Å². The molecule has 0 bridgehead atoms. The van der Waals surface area contributed by atoms with E-state index in [-0.39, 0.29) is 12.1 Å². The van der Waals surface area contributed by atoms with Crippen molar-refractivity contribution in [3.63, 3.8) is 0 Å². The highest BCUT2D eigenvalue weighted by atomic mass is 16.5. The van der Waals surface area contributed by atoms with E-state index in [4.69, 9.17) is 21.1 Å². The topological polar surface area (TPSA) is 86.7 Å². The monoisotopic (exact) mass is 205 g/mol. The van der Waals surface area contributed by atoms with Crippen LogP contribution in [0.4, 0.5) is 0 Å². The third-order valence-electron chi connectivity index (χ3n) is 2.58. The molecule has 2 atom stereocenters. The van der Waals surface area contributed by atoms with Crippen LogP contribution in [0.15, 0.2) is 0 Å². The molecule has 1 aliphatic carbocycles. The van der Waals surface area contributed by atoms with E-state index in [0.29, 0.717) is 12.8 Å². The van der Waals surface area contributed by atoms with E-state index in [9.17, 15) is 0 Å². The summed E-state index contributed by atoms with van der Waals surface area (Å²) in [5, 5.41) is 26.2. The van der Waals surface area contributed by atoms with E-state index in [1.807, 2.05) is 0 Å². The van der Waals surface area contributed by atoms with Crippen molar-refractivity contribution in [3.8, 4) is 0 Å². The SMILES string of the molecule is CCC(O)(O)CC.NC1CCC(O)C1. The molecule has 5 N–H and O–H groups in total. The first-order valence-electron chi connectivity index (χ1n) is 5.29. The van der Waals surface area contributed by atoms with Crippen molar-refractivity contribution in [3.05, 3.63) is 0 Å². The summed E-state index contributed by atoms with van der Waals surface area (Å²) >= 11 is 0. The summed E-state index contributed by atoms with van der Waals surface area (Å²) in [6, 6.07) is 0.273. The number of aliphatic hydroxyl groups is 3. The first kappa shape index (κ1) is 13.8. The maximum Gasteiger partial charge on any atom is 0.161 e. The van der Waals surface area contributed by atoms with Crippen LogP contribution in [-0.2, 0) is 0 Å². The molecule has 0 spiro atoms. The molecular weight excluding hydrogens is 182 g/mol. The highest BCUT2D eigenvalue weighted by Gasteiger charge is 2.18. The second kappa shape index (κ2) is 6.35. The average Bonchev–Trinajstić information content (AvgIpc) is 2.51. The minimum absolute atomic E-state index is 0.102. The standard InChI is InChI=1S/C5H11NO.C5H12O2/c6-4-1-2-5(7)3-4;1-3-5(6,7)4-2/h4-5,7H,1-3,6H2;6-7H,3-4H2,1-2H3. The van der Waals surface area contributed by atoms with Gasteiger partial charge in [-0.25, -0.2) is 0 Å². The molecule has 0 saturated heterocycles. The molecular formula is C10H23NO3. The molecule has 4 nitrogen and oxygen atoms in total. The Kier molecular flexibility index (Phi) is 6.27. The zero-order valence-corrected chi connectivity index (χ0v) is 9.11. The zero-order chi connectivity index (χ0) is 11.2. The predicted molar refractivity (Wildman–Crippen MR) is 55.6 cm³/mol. The number of hydrogen-bond acceptors (Lipinski definition) is 4. The lowest BCUT2D eigenvalue weighted by Crippen LogP contribution is -2.24. The van der Waals surface area contributed by atoms with Gasteiger partial charge in [-0.2, -0.15) is 0 Å². The van der Waals surface area contributed by atoms with Crippen LogP contribution in [0.2, 0.25) is 0 Å². The molecule has 14 heavy (non-hydrogen) atoms. The summed E-state index contributed by atoms with van der Waals surface area (Å²) in [6.07, 6.45) is 3.42. The molecule has 2 unspecified atom stereocenters. The molecule has 1 saturated carbocycles. The van der Waals surface area contributed by atoms with Crippen LogP contribution in [0.3, 0.4) is 0 Å². The number of nitrogens with two attached hydrogens (primary N) is 1. The smallest absolute Gasteiger partial charge is 0.161 e. The number of aliphatic hydroxyl groups excluding tert-OH is 1. The van der Waals surface area contributed by atoms with Crippen molar-refractivity contribution in [2.24, 2.45) is 5.73 Å². The van der Waals surface area contributed by atoms with Crippen LogP contribution in [0.1, 0.15) is 46.0 Å². The molecule has 0 heterocycles. The lowest BCUT2D eigenvalue weighted by molar-refractivity contribution is -0.163. The summed E-state index contributed by atoms with van der Waals surface area (Å²) in [5.41, 5.74) is 5.47. The number of rotatable bonds is 2. The summed E-state index contributed by atoms with van der Waals surface area (Å²) in [5.74, 6) is -1.42. The van der Waals surface area contributed by atoms with Gasteiger partial charge in [0.2, 0.25) is 0 Å². The normalized spacial score (nSPS) is 27.0. The van der Waals surface area contributed by atoms with Gasteiger partial charge in [0, 0.05) is 6.04 Å². The van der Waals surface area contributed by atoms with E-state index < -0.39 is 5.79 Å². The molecule has 0 radical (unpaired) electrons. The quantitative estimate of drug-likeness (QED) is 0.490. The molecule has 0 aromatic carbocycles. The maximum atomic E-state index is 8.82. The fourth-order valence-electron chi connectivity index (χ4n) is 1.24. The van der Waals surface area contributed by atoms with Gasteiger partial charge in [-0.15, -0.1) is 0 Å². The summed E-state index contributed by atoms with van der Waals surface area (Å²) in [7, 11) is 0. The van der Waals surface area contributed by atoms with E-state index in [0.717, 1.165) is 19.3 Å². The molecule has 0 aromatic heterocycles. The Morgan fingerprint density at radius 3 is 1.79 bits per heavy atom. The fraction of sp³-hybridized carbons (Fsp3) is 1.00. The Hall–Kier alpha value is -0.160. The van der Waals surface area contributed by atoms with Crippen LogP contribution in [-0.4, -0.2) is 33.3 Å². The van der Waals surface area contributed by atoms with Gasteiger partial charge in [0.1, 0.15) is 0 Å². The summed E-state index contributed by atoms with van der Waals surface area (Å²) in [6.45, 7) is 3.48. The molecule has 1 aliphatic rings. The molecule has 1 rings (SSSR count). The lowest BCUT2D eigenvalue weighted by Gasteiger charge is -2.15. The van der Waals surface area contributed by atoms with Gasteiger partial charge in [-0.05, 0) is 32.1 Å². The number of hydrogen-bond donors (Lipinski definition) is 4. The van der Waals surface area contributed by atoms with Crippen LogP contribution in [0, 0.1) is 0 Å². The van der Waals surface area contributed by atoms with Gasteiger partial charge in [0.15, 0.2) is 5.79 Å². The Bertz CT molecular complexity index is 136. The molecule has 0 amide bonds. The predicted octanol–water partition coefficient (Wildman–Crippen LogP) is 0.346. The van der Waals surface area contributed by atoms with Gasteiger partial charge in [-0.3, -0.25) is 0 Å². The zero-order valence-electron chi connectivity index (χ0n) is 9.11. The Morgan fingerprint density at radius 2 is 1.71 bits per heavy atom. The van der Waals surface area contributed by atoms with E-state index in [1.165, 1.54) is 0 Å². The van der Waals surface area contributed by atoms with Gasteiger partial charge in [0.25, 0.3) is 0 Å². The van der Waals surface area contributed by atoms with Crippen molar-refractivity contribution in [1.29, 1.82) is 0 Å². The van der Waals surface area contributed by atoms with E-state index >= 15 is 0 Å². The lowest BCUT2D eigenvalue weighted by atomic mass is 10.2. The third-order valence-corrected chi connectivity index (χ3v) is 2.58. The maximum absolute atomic E-state index is 8.82. The highest BCUT2D eigenvalue weighted by molar-refractivity contribution is 4.76. The van der Waals surface area contributed by atoms with E-state index in [1.54, 1.807) is 13.8 Å². The molecule has 0 aliphatic heterocycles. The Morgan fingerprint density at radius 1 is 1.21 bits per heavy atom. The highest BCUT2D eigenvalue weighted by Crippen LogP contribution is 2.15. The van der Waals surface area contributed by atoms with Crippen molar-refractivity contribution in [2.45, 2.75) is 63.9 Å². The van der Waals surface area contributed by atoms with Gasteiger partial charge >= 0.3 is 0 Å². The average molecular weight is 205 g/mol. The first-order chi connectivity index (χ1) is 6.41. The summed E-state index contributed by atoms with van der Waals surface area (Å²) < 4.78 is 0. The molecule has 86 valence electrons. The van der Waals surface area contributed by atoms with Crippen molar-refractivity contribution >= 4 is 0 Å². The van der Waals surface area contributed by atoms with Crippen molar-refractivity contribution in [2.75, 3.05) is 0 Å². The van der Waals surface area contributed by atoms with E-state index in [2.05, 4.69) is 0 Å². The van der Waals surface area contributed by atoms with Crippen LogP contribution < -0.4 is 5.73 Å². The van der Waals surface area contributed by atoms with Gasteiger partial charge < -0.3 is 21.1 Å². The molecule has 1 fully saturated rings. The summed E-state index contributed by atoms with van der Waals surface area (Å²) in [4.78, 5) is 0. The van der Waals surface area contributed by atoms with Gasteiger partial charge in [0.05, 0.1) is 6.10 Å². The minimum atomic E-state index is -1.42. The molecule has 0 aromatic rings. The van der Waals surface area contributed by atoms with Crippen LogP contribution in [0.25, 0.3) is 0 Å².